The number of halogens is 2. The molecule has 1 aromatic heterocycles. The Morgan fingerprint density at radius 3 is 2.62 bits per heavy atom. The van der Waals surface area contributed by atoms with Crippen molar-refractivity contribution in [2.75, 3.05) is 13.7 Å². The number of hydrogen-bond donors (Lipinski definition) is 2. The van der Waals surface area contributed by atoms with Crippen molar-refractivity contribution in [3.05, 3.63) is 46.8 Å². The van der Waals surface area contributed by atoms with Crippen molar-refractivity contribution in [1.82, 2.24) is 20.4 Å². The van der Waals surface area contributed by atoms with E-state index in [-0.39, 0.29) is 0 Å². The largest absolute Gasteiger partial charge is 0.488 e. The molecule has 0 atom stereocenters. The summed E-state index contributed by atoms with van der Waals surface area (Å²) in [5, 5.41) is 10.9. The molecule has 0 radical (unpaired) electrons. The summed E-state index contributed by atoms with van der Waals surface area (Å²) in [6.07, 6.45) is -2.49. The molecule has 0 saturated heterocycles. The van der Waals surface area contributed by atoms with Crippen LogP contribution in [0.15, 0.2) is 29.3 Å². The van der Waals surface area contributed by atoms with Crippen LogP contribution in [0.3, 0.4) is 0 Å². The van der Waals surface area contributed by atoms with Gasteiger partial charge in [-0.25, -0.2) is 8.78 Å². The molecule has 1 heterocycles. The fourth-order valence-electron chi connectivity index (χ4n) is 2.56. The van der Waals surface area contributed by atoms with E-state index < -0.39 is 13.0 Å². The number of benzene rings is 1. The summed E-state index contributed by atoms with van der Waals surface area (Å²) in [5.41, 5.74) is 4.14. The highest BCUT2D eigenvalue weighted by atomic mass is 19.3. The molecule has 0 bridgehead atoms. The third-order valence-electron chi connectivity index (χ3n) is 4.05. The molecule has 0 spiro atoms. The summed E-state index contributed by atoms with van der Waals surface area (Å²) in [6.45, 7) is 4.51. The molecule has 142 valence electrons. The molecule has 0 aliphatic rings. The van der Waals surface area contributed by atoms with Gasteiger partial charge in [-0.15, -0.1) is 0 Å². The van der Waals surface area contributed by atoms with Crippen LogP contribution in [-0.4, -0.2) is 35.8 Å². The van der Waals surface area contributed by atoms with Gasteiger partial charge in [-0.1, -0.05) is 12.1 Å². The van der Waals surface area contributed by atoms with E-state index in [9.17, 15) is 8.78 Å². The second-order valence-electron chi connectivity index (χ2n) is 5.90. The van der Waals surface area contributed by atoms with Gasteiger partial charge in [-0.3, -0.25) is 9.67 Å². The van der Waals surface area contributed by atoms with Gasteiger partial charge < -0.3 is 15.4 Å². The average molecular weight is 365 g/mol. The van der Waals surface area contributed by atoms with Crippen molar-refractivity contribution in [3.63, 3.8) is 0 Å². The number of alkyl halides is 2. The lowest BCUT2D eigenvalue weighted by Gasteiger charge is -2.13. The maximum absolute atomic E-state index is 12.2. The number of rotatable bonds is 7. The van der Waals surface area contributed by atoms with Crippen molar-refractivity contribution in [2.24, 2.45) is 12.0 Å². The zero-order chi connectivity index (χ0) is 19.1. The molecule has 0 unspecified atom stereocenters. The number of ether oxygens (including phenoxy) is 1. The van der Waals surface area contributed by atoms with Gasteiger partial charge in [0.05, 0.1) is 5.69 Å². The lowest BCUT2D eigenvalue weighted by atomic mass is 10.2. The molecular formula is C18H25F2N5O. The van der Waals surface area contributed by atoms with E-state index in [4.69, 9.17) is 4.74 Å². The van der Waals surface area contributed by atoms with E-state index in [0.29, 0.717) is 24.8 Å². The normalized spacial score (nSPS) is 11.7. The Morgan fingerprint density at radius 1 is 1.27 bits per heavy atom. The van der Waals surface area contributed by atoms with Gasteiger partial charge in [0.2, 0.25) is 0 Å². The fourth-order valence-corrected chi connectivity index (χ4v) is 2.56. The van der Waals surface area contributed by atoms with Crippen LogP contribution in [0.25, 0.3) is 0 Å². The Morgan fingerprint density at radius 2 is 2.00 bits per heavy atom. The van der Waals surface area contributed by atoms with Crippen LogP contribution in [0.4, 0.5) is 8.78 Å². The number of aromatic nitrogens is 2. The summed E-state index contributed by atoms with van der Waals surface area (Å²) < 4.78 is 31.4. The minimum Gasteiger partial charge on any atom is -0.488 e. The van der Waals surface area contributed by atoms with Crippen LogP contribution in [0.2, 0.25) is 0 Å². The van der Waals surface area contributed by atoms with E-state index in [0.717, 1.165) is 22.5 Å². The number of guanidine groups is 1. The standard InChI is InChI=1S/C18H25F2N5O/c1-12-16(13(2)25(4)24-12)10-23-18(21-3)22-9-14-6-5-7-15(8-14)26-11-17(19)20/h5-8,17H,9-11H2,1-4H3,(H2,21,22,23). The second-order valence-corrected chi connectivity index (χ2v) is 5.90. The highest BCUT2D eigenvalue weighted by Gasteiger charge is 2.10. The molecule has 1 aromatic carbocycles. The van der Waals surface area contributed by atoms with Gasteiger partial charge >= 0.3 is 0 Å². The number of hydrogen-bond acceptors (Lipinski definition) is 3. The van der Waals surface area contributed by atoms with E-state index in [2.05, 4.69) is 20.7 Å². The van der Waals surface area contributed by atoms with Gasteiger partial charge in [0, 0.05) is 38.4 Å². The van der Waals surface area contributed by atoms with Crippen molar-refractivity contribution >= 4 is 5.96 Å². The van der Waals surface area contributed by atoms with Crippen molar-refractivity contribution in [1.29, 1.82) is 0 Å². The maximum Gasteiger partial charge on any atom is 0.272 e. The van der Waals surface area contributed by atoms with Crippen LogP contribution < -0.4 is 15.4 Å². The zero-order valence-corrected chi connectivity index (χ0v) is 15.5. The lowest BCUT2D eigenvalue weighted by Crippen LogP contribution is -2.36. The summed E-state index contributed by atoms with van der Waals surface area (Å²) >= 11 is 0. The molecular weight excluding hydrogens is 340 g/mol. The SMILES string of the molecule is CN=C(NCc1cccc(OCC(F)F)c1)NCc1c(C)nn(C)c1C. The van der Waals surface area contributed by atoms with E-state index in [1.807, 2.05) is 31.6 Å². The molecule has 0 amide bonds. The summed E-state index contributed by atoms with van der Waals surface area (Å²) in [7, 11) is 3.61. The van der Waals surface area contributed by atoms with Crippen LogP contribution in [0.1, 0.15) is 22.5 Å². The zero-order valence-electron chi connectivity index (χ0n) is 15.5. The predicted octanol–water partition coefficient (Wildman–Crippen LogP) is 2.55. The minimum absolute atomic E-state index is 0.425. The predicted molar refractivity (Wildman–Crippen MR) is 97.7 cm³/mol. The molecule has 0 aliphatic heterocycles. The summed E-state index contributed by atoms with van der Waals surface area (Å²) in [4.78, 5) is 4.20. The first-order chi connectivity index (χ1) is 12.4. The van der Waals surface area contributed by atoms with E-state index in [1.165, 1.54) is 0 Å². The highest BCUT2D eigenvalue weighted by Crippen LogP contribution is 2.14. The Hall–Kier alpha value is -2.64. The first-order valence-corrected chi connectivity index (χ1v) is 8.34. The van der Waals surface area contributed by atoms with E-state index in [1.54, 1.807) is 25.2 Å². The molecule has 0 saturated carbocycles. The molecule has 2 aromatic rings. The van der Waals surface area contributed by atoms with Gasteiger partial charge in [-0.2, -0.15) is 5.10 Å². The molecule has 2 N–H and O–H groups in total. The average Bonchev–Trinajstić information content (AvgIpc) is 2.86. The summed E-state index contributed by atoms with van der Waals surface area (Å²) in [6, 6.07) is 7.06. The maximum atomic E-state index is 12.2. The fraction of sp³-hybridized carbons (Fsp3) is 0.444. The Kier molecular flexibility index (Phi) is 6.94. The topological polar surface area (TPSA) is 63.5 Å². The molecule has 26 heavy (non-hydrogen) atoms. The van der Waals surface area contributed by atoms with Gasteiger partial charge in [0.25, 0.3) is 6.43 Å². The number of nitrogens with zero attached hydrogens (tertiary/aromatic N) is 3. The first kappa shape index (κ1) is 19.7. The Labute approximate surface area is 152 Å². The highest BCUT2D eigenvalue weighted by molar-refractivity contribution is 5.79. The third-order valence-corrected chi connectivity index (χ3v) is 4.05. The van der Waals surface area contributed by atoms with Gasteiger partial charge in [0.1, 0.15) is 12.4 Å². The van der Waals surface area contributed by atoms with Gasteiger partial charge in [-0.05, 0) is 31.5 Å². The Bertz CT molecular complexity index is 758. The van der Waals surface area contributed by atoms with Crippen molar-refractivity contribution in [3.8, 4) is 5.75 Å². The Balaban J connectivity index is 1.90. The summed E-state index contributed by atoms with van der Waals surface area (Å²) in [5.74, 6) is 1.07. The quantitative estimate of drug-likeness (QED) is 0.585. The smallest absolute Gasteiger partial charge is 0.272 e. The van der Waals surface area contributed by atoms with Crippen LogP contribution in [0, 0.1) is 13.8 Å². The van der Waals surface area contributed by atoms with Gasteiger partial charge in [0.15, 0.2) is 5.96 Å². The number of aliphatic imine (C=N–C) groups is 1. The molecule has 6 nitrogen and oxygen atoms in total. The monoisotopic (exact) mass is 365 g/mol. The lowest BCUT2D eigenvalue weighted by molar-refractivity contribution is 0.0818. The minimum atomic E-state index is -2.49. The van der Waals surface area contributed by atoms with Crippen LogP contribution in [0.5, 0.6) is 5.75 Å². The molecule has 2 rings (SSSR count). The first-order valence-electron chi connectivity index (χ1n) is 8.34. The third kappa shape index (κ3) is 5.44. The molecule has 8 heteroatoms. The molecule has 0 aliphatic carbocycles. The number of nitrogens with one attached hydrogen (secondary N) is 2. The van der Waals surface area contributed by atoms with Crippen LogP contribution in [-0.2, 0) is 20.1 Å². The second kappa shape index (κ2) is 9.17. The van der Waals surface area contributed by atoms with Crippen molar-refractivity contribution < 1.29 is 13.5 Å². The van der Waals surface area contributed by atoms with Crippen molar-refractivity contribution in [2.45, 2.75) is 33.4 Å². The van der Waals surface area contributed by atoms with Crippen LogP contribution >= 0.6 is 0 Å². The molecule has 0 fully saturated rings. The number of aryl methyl sites for hydroxylation is 2. The van der Waals surface area contributed by atoms with E-state index >= 15 is 0 Å².